The lowest BCUT2D eigenvalue weighted by Gasteiger charge is -2.17. The second-order valence-electron chi connectivity index (χ2n) is 3.11. The predicted octanol–water partition coefficient (Wildman–Crippen LogP) is 0.0146. The second kappa shape index (κ2) is 4.95. The topological polar surface area (TPSA) is 81.5 Å². The van der Waals surface area contributed by atoms with Crippen molar-refractivity contribution >= 4 is 0 Å². The van der Waals surface area contributed by atoms with Crippen molar-refractivity contribution in [1.82, 2.24) is 0 Å². The van der Waals surface area contributed by atoms with E-state index in [9.17, 15) is 5.11 Å². The Hall–Kier alpha value is -1.10. The summed E-state index contributed by atoms with van der Waals surface area (Å²) in [4.78, 5) is 0. The molecule has 0 spiro atoms. The highest BCUT2D eigenvalue weighted by molar-refractivity contribution is 5.30. The number of aliphatic hydroxyl groups excluding tert-OH is 1. The van der Waals surface area contributed by atoms with Gasteiger partial charge in [0, 0.05) is 6.54 Å². The number of nitrogens with two attached hydrogens (primary N) is 2. The van der Waals surface area contributed by atoms with E-state index in [4.69, 9.17) is 16.2 Å². The second-order valence-corrected chi connectivity index (χ2v) is 3.11. The van der Waals surface area contributed by atoms with Crippen LogP contribution in [0.1, 0.15) is 11.6 Å². The molecule has 0 amide bonds. The molecule has 0 bridgehead atoms. The van der Waals surface area contributed by atoms with Crippen LogP contribution < -0.4 is 16.2 Å². The Morgan fingerprint density at radius 1 is 1.50 bits per heavy atom. The van der Waals surface area contributed by atoms with Crippen LogP contribution in [0.15, 0.2) is 24.3 Å². The number of hydrogen-bond donors (Lipinski definition) is 3. The summed E-state index contributed by atoms with van der Waals surface area (Å²) in [5.74, 6) is 0.724. The molecule has 0 radical (unpaired) electrons. The Morgan fingerprint density at radius 3 is 2.79 bits per heavy atom. The third-order valence-corrected chi connectivity index (χ3v) is 2.13. The summed E-state index contributed by atoms with van der Waals surface area (Å²) in [7, 11) is 1.59. The van der Waals surface area contributed by atoms with Crippen LogP contribution in [0.25, 0.3) is 0 Å². The van der Waals surface area contributed by atoms with Gasteiger partial charge in [-0.1, -0.05) is 12.1 Å². The summed E-state index contributed by atoms with van der Waals surface area (Å²) >= 11 is 0. The lowest BCUT2D eigenvalue weighted by molar-refractivity contribution is 0.153. The highest BCUT2D eigenvalue weighted by Gasteiger charge is 2.15. The van der Waals surface area contributed by atoms with Gasteiger partial charge in [0.15, 0.2) is 0 Å². The molecule has 5 N–H and O–H groups in total. The first-order valence-corrected chi connectivity index (χ1v) is 4.46. The average molecular weight is 196 g/mol. The number of hydrogen-bond acceptors (Lipinski definition) is 4. The molecule has 2 unspecified atom stereocenters. The summed E-state index contributed by atoms with van der Waals surface area (Å²) < 4.78 is 5.05. The zero-order valence-electron chi connectivity index (χ0n) is 8.18. The molecule has 14 heavy (non-hydrogen) atoms. The average Bonchev–Trinajstić information content (AvgIpc) is 2.27. The third-order valence-electron chi connectivity index (χ3n) is 2.13. The lowest BCUT2D eigenvalue weighted by Crippen LogP contribution is -2.32. The van der Waals surface area contributed by atoms with Crippen LogP contribution in [-0.4, -0.2) is 24.9 Å². The van der Waals surface area contributed by atoms with E-state index >= 15 is 0 Å². The molecule has 0 aliphatic heterocycles. The smallest absolute Gasteiger partial charge is 0.119 e. The Kier molecular flexibility index (Phi) is 3.88. The molecule has 2 atom stereocenters. The molecular formula is C10H16N2O2. The van der Waals surface area contributed by atoms with Gasteiger partial charge in [-0.05, 0) is 17.7 Å². The molecule has 0 fully saturated rings. The number of benzene rings is 1. The maximum atomic E-state index is 9.45. The van der Waals surface area contributed by atoms with Crippen molar-refractivity contribution in [1.29, 1.82) is 0 Å². The zero-order valence-corrected chi connectivity index (χ0v) is 8.18. The van der Waals surface area contributed by atoms with Crippen LogP contribution in [0.5, 0.6) is 5.75 Å². The first-order chi connectivity index (χ1) is 6.69. The van der Waals surface area contributed by atoms with Crippen molar-refractivity contribution in [2.75, 3.05) is 13.7 Å². The Labute approximate surface area is 83.5 Å². The number of rotatable bonds is 4. The van der Waals surface area contributed by atoms with Crippen molar-refractivity contribution in [2.45, 2.75) is 12.1 Å². The summed E-state index contributed by atoms with van der Waals surface area (Å²) in [6.45, 7) is 0.151. The summed E-state index contributed by atoms with van der Waals surface area (Å²) in [5, 5.41) is 9.45. The molecule has 0 aromatic heterocycles. The Morgan fingerprint density at radius 2 is 2.21 bits per heavy atom. The maximum Gasteiger partial charge on any atom is 0.119 e. The van der Waals surface area contributed by atoms with Crippen molar-refractivity contribution in [2.24, 2.45) is 11.5 Å². The fraction of sp³-hybridized carbons (Fsp3) is 0.400. The van der Waals surface area contributed by atoms with Crippen LogP contribution in [0.3, 0.4) is 0 Å². The molecule has 1 rings (SSSR count). The van der Waals surface area contributed by atoms with Crippen LogP contribution in [0.4, 0.5) is 0 Å². The largest absolute Gasteiger partial charge is 0.497 e. The third kappa shape index (κ3) is 2.45. The molecule has 0 heterocycles. The van der Waals surface area contributed by atoms with E-state index in [-0.39, 0.29) is 6.54 Å². The van der Waals surface area contributed by atoms with Gasteiger partial charge in [-0.25, -0.2) is 0 Å². The quantitative estimate of drug-likeness (QED) is 0.634. The maximum absolute atomic E-state index is 9.45. The zero-order chi connectivity index (χ0) is 10.6. The van der Waals surface area contributed by atoms with E-state index < -0.39 is 12.1 Å². The lowest BCUT2D eigenvalue weighted by atomic mass is 10.0. The number of ether oxygens (including phenoxy) is 1. The molecule has 78 valence electrons. The van der Waals surface area contributed by atoms with Gasteiger partial charge in [0.2, 0.25) is 0 Å². The molecule has 1 aromatic rings. The molecule has 0 saturated heterocycles. The van der Waals surface area contributed by atoms with Gasteiger partial charge >= 0.3 is 0 Å². The van der Waals surface area contributed by atoms with Crippen LogP contribution in [0, 0.1) is 0 Å². The fourth-order valence-electron chi connectivity index (χ4n) is 1.22. The van der Waals surface area contributed by atoms with Gasteiger partial charge in [-0.15, -0.1) is 0 Å². The SMILES string of the molecule is COc1cccc(C(N)C(O)CN)c1. The van der Waals surface area contributed by atoms with Gasteiger partial charge in [0.1, 0.15) is 5.75 Å². The van der Waals surface area contributed by atoms with E-state index in [0.717, 1.165) is 11.3 Å². The molecule has 4 heteroatoms. The highest BCUT2D eigenvalue weighted by Crippen LogP contribution is 2.19. The number of methoxy groups -OCH3 is 1. The Bertz CT molecular complexity index is 291. The summed E-state index contributed by atoms with van der Waals surface area (Å²) in [5.41, 5.74) is 11.9. The molecule has 1 aromatic carbocycles. The standard InChI is InChI=1S/C10H16N2O2/c1-14-8-4-2-3-7(5-8)10(12)9(13)6-11/h2-5,9-10,13H,6,11-12H2,1H3. The summed E-state index contributed by atoms with van der Waals surface area (Å²) in [6, 6.07) is 6.83. The van der Waals surface area contributed by atoms with Crippen molar-refractivity contribution in [3.05, 3.63) is 29.8 Å². The summed E-state index contributed by atoms with van der Waals surface area (Å²) in [6.07, 6.45) is -0.720. The van der Waals surface area contributed by atoms with Crippen molar-refractivity contribution in [3.63, 3.8) is 0 Å². The van der Waals surface area contributed by atoms with E-state index in [1.807, 2.05) is 18.2 Å². The van der Waals surface area contributed by atoms with Crippen molar-refractivity contribution in [3.8, 4) is 5.75 Å². The minimum Gasteiger partial charge on any atom is -0.497 e. The van der Waals surface area contributed by atoms with Gasteiger partial charge in [0.05, 0.1) is 19.3 Å². The minimum absolute atomic E-state index is 0.151. The monoisotopic (exact) mass is 196 g/mol. The van der Waals surface area contributed by atoms with Crippen LogP contribution >= 0.6 is 0 Å². The first kappa shape index (κ1) is 11.0. The van der Waals surface area contributed by atoms with Crippen molar-refractivity contribution < 1.29 is 9.84 Å². The van der Waals surface area contributed by atoms with E-state index in [1.54, 1.807) is 13.2 Å². The molecule has 4 nitrogen and oxygen atoms in total. The molecular weight excluding hydrogens is 180 g/mol. The van der Waals surface area contributed by atoms with Crippen LogP contribution in [-0.2, 0) is 0 Å². The molecule has 0 aliphatic carbocycles. The van der Waals surface area contributed by atoms with Gasteiger partial charge in [-0.3, -0.25) is 0 Å². The van der Waals surface area contributed by atoms with E-state index in [1.165, 1.54) is 0 Å². The Balaban J connectivity index is 2.83. The van der Waals surface area contributed by atoms with E-state index in [0.29, 0.717) is 0 Å². The molecule has 0 saturated carbocycles. The normalized spacial score (nSPS) is 14.9. The predicted molar refractivity (Wildman–Crippen MR) is 55.0 cm³/mol. The highest BCUT2D eigenvalue weighted by atomic mass is 16.5. The van der Waals surface area contributed by atoms with Gasteiger partial charge < -0.3 is 21.3 Å². The van der Waals surface area contributed by atoms with Gasteiger partial charge in [-0.2, -0.15) is 0 Å². The van der Waals surface area contributed by atoms with Gasteiger partial charge in [0.25, 0.3) is 0 Å². The first-order valence-electron chi connectivity index (χ1n) is 4.46. The van der Waals surface area contributed by atoms with Crippen LogP contribution in [0.2, 0.25) is 0 Å². The minimum atomic E-state index is -0.720. The van der Waals surface area contributed by atoms with E-state index in [2.05, 4.69) is 0 Å². The molecule has 0 aliphatic rings. The fourth-order valence-corrected chi connectivity index (χ4v) is 1.22. The number of aliphatic hydroxyl groups is 1.